The third-order valence-electron chi connectivity index (χ3n) is 3.99. The monoisotopic (exact) mass is 372 g/mol. The lowest BCUT2D eigenvalue weighted by atomic mass is 10.2. The van der Waals surface area contributed by atoms with Crippen molar-refractivity contribution in [3.05, 3.63) is 41.7 Å². The van der Waals surface area contributed by atoms with E-state index in [1.807, 2.05) is 24.3 Å². The Morgan fingerprint density at radius 2 is 2.19 bits per heavy atom. The van der Waals surface area contributed by atoms with E-state index >= 15 is 0 Å². The summed E-state index contributed by atoms with van der Waals surface area (Å²) in [5, 5.41) is 18.8. The Labute approximate surface area is 152 Å². The molecule has 26 heavy (non-hydrogen) atoms. The smallest absolute Gasteiger partial charge is 0.345 e. The van der Waals surface area contributed by atoms with Gasteiger partial charge in [-0.1, -0.05) is 23.9 Å². The van der Waals surface area contributed by atoms with Crippen LogP contribution in [0, 0.1) is 0 Å². The molecule has 1 saturated carbocycles. The van der Waals surface area contributed by atoms with Gasteiger partial charge in [-0.2, -0.15) is 0 Å². The highest BCUT2D eigenvalue weighted by Gasteiger charge is 2.29. The predicted octanol–water partition coefficient (Wildman–Crippen LogP) is 3.06. The lowest BCUT2D eigenvalue weighted by molar-refractivity contribution is -0.133. The normalized spacial score (nSPS) is 15.1. The van der Waals surface area contributed by atoms with Gasteiger partial charge in [0.2, 0.25) is 5.89 Å². The molecule has 1 aliphatic rings. The van der Waals surface area contributed by atoms with E-state index in [0.29, 0.717) is 22.5 Å². The van der Waals surface area contributed by atoms with E-state index in [4.69, 9.17) is 9.15 Å². The number of thioether (sulfide) groups is 1. The van der Waals surface area contributed by atoms with Gasteiger partial charge in [-0.15, -0.1) is 10.2 Å². The van der Waals surface area contributed by atoms with Crippen molar-refractivity contribution in [1.29, 1.82) is 0 Å². The maximum Gasteiger partial charge on any atom is 0.345 e. The molecule has 1 fully saturated rings. The molecule has 1 aromatic carbocycles. The van der Waals surface area contributed by atoms with Crippen LogP contribution < -0.4 is 0 Å². The molecule has 134 valence electrons. The lowest BCUT2D eigenvalue weighted by Crippen LogP contribution is -2.09. The summed E-state index contributed by atoms with van der Waals surface area (Å²) in [5.74, 6) is 0.468. The number of benzene rings is 1. The van der Waals surface area contributed by atoms with Crippen LogP contribution in [0.2, 0.25) is 0 Å². The van der Waals surface area contributed by atoms with Crippen LogP contribution in [-0.4, -0.2) is 44.1 Å². The maximum absolute atomic E-state index is 12.2. The largest absolute Gasteiger partial charge is 0.510 e. The summed E-state index contributed by atoms with van der Waals surface area (Å²) in [4.78, 5) is 19.6. The first-order valence-electron chi connectivity index (χ1n) is 8.07. The maximum atomic E-state index is 12.2. The van der Waals surface area contributed by atoms with Crippen molar-refractivity contribution in [3.8, 4) is 0 Å². The summed E-state index contributed by atoms with van der Waals surface area (Å²) in [6.45, 7) is 0. The Hall–Kier alpha value is -2.81. The molecule has 8 nitrogen and oxygen atoms in total. The van der Waals surface area contributed by atoms with Gasteiger partial charge < -0.3 is 19.2 Å². The van der Waals surface area contributed by atoms with Crippen molar-refractivity contribution in [2.24, 2.45) is 0 Å². The number of ether oxygens (including phenoxy) is 1. The molecule has 0 unspecified atom stereocenters. The van der Waals surface area contributed by atoms with Crippen LogP contribution in [0.4, 0.5) is 0 Å². The van der Waals surface area contributed by atoms with Gasteiger partial charge in [-0.05, 0) is 25.0 Å². The SMILES string of the molecule is COC(=O)/C(=C(/O)CSc1nnc(C2CC2)o1)c1nc2ccccc2[nH]1. The number of imidazole rings is 1. The van der Waals surface area contributed by atoms with Crippen molar-refractivity contribution >= 4 is 34.3 Å². The number of esters is 1. The molecular weight excluding hydrogens is 356 g/mol. The molecule has 0 spiro atoms. The van der Waals surface area contributed by atoms with Gasteiger partial charge in [-0.25, -0.2) is 9.78 Å². The first-order chi connectivity index (χ1) is 12.7. The minimum Gasteiger partial charge on any atom is -0.510 e. The minimum atomic E-state index is -0.675. The van der Waals surface area contributed by atoms with Crippen LogP contribution in [0.25, 0.3) is 16.6 Å². The average molecular weight is 372 g/mol. The second-order valence-corrected chi connectivity index (χ2v) is 6.81. The molecule has 0 amide bonds. The third-order valence-corrected chi connectivity index (χ3v) is 4.82. The number of para-hydroxylation sites is 2. The lowest BCUT2D eigenvalue weighted by Gasteiger charge is -2.06. The number of nitrogens with zero attached hydrogens (tertiary/aromatic N) is 3. The van der Waals surface area contributed by atoms with Crippen LogP contribution >= 0.6 is 11.8 Å². The zero-order chi connectivity index (χ0) is 18.1. The molecule has 0 atom stereocenters. The molecule has 0 bridgehead atoms. The van der Waals surface area contributed by atoms with Gasteiger partial charge in [0.25, 0.3) is 5.22 Å². The highest BCUT2D eigenvalue weighted by molar-refractivity contribution is 7.99. The quantitative estimate of drug-likeness (QED) is 0.294. The third kappa shape index (κ3) is 3.30. The van der Waals surface area contributed by atoms with E-state index < -0.39 is 5.97 Å². The Morgan fingerprint density at radius 3 is 2.92 bits per heavy atom. The zero-order valence-corrected chi connectivity index (χ0v) is 14.7. The molecule has 2 N–H and O–H groups in total. The van der Waals surface area contributed by atoms with Crippen LogP contribution in [0.15, 0.2) is 39.7 Å². The van der Waals surface area contributed by atoms with Crippen LogP contribution in [0.5, 0.6) is 0 Å². The fourth-order valence-electron chi connectivity index (χ4n) is 2.50. The average Bonchev–Trinajstić information content (AvgIpc) is 3.24. The fourth-order valence-corrected chi connectivity index (χ4v) is 3.15. The Balaban J connectivity index is 1.59. The van der Waals surface area contributed by atoms with Gasteiger partial charge in [0.05, 0.1) is 23.9 Å². The van der Waals surface area contributed by atoms with Crippen molar-refractivity contribution < 1.29 is 19.1 Å². The number of carbonyl (C=O) groups is 1. The number of nitrogens with one attached hydrogen (secondary N) is 1. The van der Waals surface area contributed by atoms with Gasteiger partial charge in [0.1, 0.15) is 17.2 Å². The standard InChI is InChI=1S/C17H16N4O4S/c1-24-16(23)13(14-18-10-4-2-3-5-11(10)19-14)12(22)8-26-17-21-20-15(25-17)9-6-7-9/h2-5,9,22H,6-8H2,1H3,(H,18,19)/b13-12+. The molecule has 0 saturated heterocycles. The highest BCUT2D eigenvalue weighted by atomic mass is 32.2. The number of carbonyl (C=O) groups excluding carboxylic acids is 1. The van der Waals surface area contributed by atoms with E-state index in [9.17, 15) is 9.90 Å². The van der Waals surface area contributed by atoms with Crippen LogP contribution in [0.3, 0.4) is 0 Å². The number of aromatic amines is 1. The predicted molar refractivity (Wildman–Crippen MR) is 94.7 cm³/mol. The molecule has 0 aliphatic heterocycles. The molecular formula is C17H16N4O4S. The Morgan fingerprint density at radius 1 is 1.38 bits per heavy atom. The van der Waals surface area contributed by atoms with Crippen LogP contribution in [-0.2, 0) is 9.53 Å². The summed E-state index contributed by atoms with van der Waals surface area (Å²) in [5.41, 5.74) is 1.43. The number of rotatable bonds is 6. The topological polar surface area (TPSA) is 114 Å². The van der Waals surface area contributed by atoms with Crippen molar-refractivity contribution in [2.75, 3.05) is 12.9 Å². The number of fused-ring (bicyclic) bond motifs is 1. The van der Waals surface area contributed by atoms with Gasteiger partial charge in [-0.3, -0.25) is 0 Å². The molecule has 2 heterocycles. The first-order valence-corrected chi connectivity index (χ1v) is 9.06. The summed E-state index contributed by atoms with van der Waals surface area (Å²) in [7, 11) is 1.26. The van der Waals surface area contributed by atoms with Crippen molar-refractivity contribution in [3.63, 3.8) is 0 Å². The van der Waals surface area contributed by atoms with Crippen molar-refractivity contribution in [2.45, 2.75) is 24.0 Å². The van der Waals surface area contributed by atoms with E-state index in [1.165, 1.54) is 7.11 Å². The summed E-state index contributed by atoms with van der Waals surface area (Å²) in [6.07, 6.45) is 2.13. The number of hydrogen-bond acceptors (Lipinski definition) is 8. The number of aliphatic hydroxyl groups is 1. The number of aromatic nitrogens is 4. The molecule has 9 heteroatoms. The van der Waals surface area contributed by atoms with Crippen molar-refractivity contribution in [1.82, 2.24) is 20.2 Å². The Bertz CT molecular complexity index is 956. The molecule has 3 aromatic rings. The molecule has 1 aliphatic carbocycles. The summed E-state index contributed by atoms with van der Waals surface area (Å²) >= 11 is 1.15. The number of aliphatic hydroxyl groups excluding tert-OH is 1. The van der Waals surface area contributed by atoms with Gasteiger partial charge in [0, 0.05) is 5.92 Å². The van der Waals surface area contributed by atoms with Crippen LogP contribution in [0.1, 0.15) is 30.5 Å². The molecule has 2 aromatic heterocycles. The zero-order valence-electron chi connectivity index (χ0n) is 13.9. The van der Waals surface area contributed by atoms with E-state index in [2.05, 4.69) is 20.2 Å². The Kier molecular flexibility index (Phi) is 4.37. The fraction of sp³-hybridized carbons (Fsp3) is 0.294. The first kappa shape index (κ1) is 16.6. The minimum absolute atomic E-state index is 0.0156. The summed E-state index contributed by atoms with van der Waals surface area (Å²) < 4.78 is 10.3. The number of H-pyrrole nitrogens is 1. The second kappa shape index (κ2) is 6.83. The van der Waals surface area contributed by atoms with Gasteiger partial charge >= 0.3 is 5.97 Å². The number of methoxy groups -OCH3 is 1. The molecule has 0 radical (unpaired) electrons. The van der Waals surface area contributed by atoms with E-state index in [1.54, 1.807) is 0 Å². The van der Waals surface area contributed by atoms with E-state index in [-0.39, 0.29) is 22.9 Å². The second-order valence-electron chi connectivity index (χ2n) is 5.88. The van der Waals surface area contributed by atoms with E-state index in [0.717, 1.165) is 30.1 Å². The summed E-state index contributed by atoms with van der Waals surface area (Å²) in [6, 6.07) is 7.35. The molecule has 4 rings (SSSR count). The highest BCUT2D eigenvalue weighted by Crippen LogP contribution is 2.40. The van der Waals surface area contributed by atoms with Gasteiger partial charge in [0.15, 0.2) is 0 Å². The number of hydrogen-bond donors (Lipinski definition) is 2.